The first kappa shape index (κ1) is 21.4. The van der Waals surface area contributed by atoms with E-state index in [9.17, 15) is 9.59 Å². The molecule has 1 aliphatic rings. The zero-order valence-electron chi connectivity index (χ0n) is 16.7. The van der Waals surface area contributed by atoms with E-state index in [1.807, 2.05) is 44.1 Å². The molecule has 2 atom stereocenters. The number of hydrogen-bond donors (Lipinski definition) is 1. The van der Waals surface area contributed by atoms with Crippen LogP contribution in [0.1, 0.15) is 24.3 Å². The number of nitrogens with one attached hydrogen (secondary N) is 1. The van der Waals surface area contributed by atoms with Crippen molar-refractivity contribution < 1.29 is 19.1 Å². The van der Waals surface area contributed by atoms with E-state index < -0.39 is 0 Å². The summed E-state index contributed by atoms with van der Waals surface area (Å²) >= 11 is 1.56. The van der Waals surface area contributed by atoms with Crippen molar-refractivity contribution in [1.82, 2.24) is 15.1 Å². The Kier molecular flexibility index (Phi) is 7.79. The number of likely N-dealkylation sites (N-methyl/N-ethyl adjacent to an activating group) is 1. The third kappa shape index (κ3) is 5.52. The minimum absolute atomic E-state index is 0.0379. The van der Waals surface area contributed by atoms with Gasteiger partial charge in [0, 0.05) is 31.6 Å². The maximum absolute atomic E-state index is 12.7. The van der Waals surface area contributed by atoms with Gasteiger partial charge in [0.25, 0.3) is 0 Å². The number of hydrogen-bond acceptors (Lipinski definition) is 6. The average Bonchev–Trinajstić information content (AvgIpc) is 2.93. The molecule has 0 spiro atoms. The van der Waals surface area contributed by atoms with Gasteiger partial charge in [0.15, 0.2) is 0 Å². The number of amides is 2. The normalized spacial score (nSPS) is 19.5. The van der Waals surface area contributed by atoms with Crippen molar-refractivity contribution in [1.29, 1.82) is 0 Å². The van der Waals surface area contributed by atoms with E-state index >= 15 is 0 Å². The van der Waals surface area contributed by atoms with Crippen molar-refractivity contribution >= 4 is 23.6 Å². The number of methoxy groups -OCH3 is 2. The molecule has 2 amide bonds. The smallest absolute Gasteiger partial charge is 0.236 e. The summed E-state index contributed by atoms with van der Waals surface area (Å²) in [5, 5.41) is 2.52. The number of carbonyl (C=O) groups excluding carboxylic acids is 2. The molecule has 1 fully saturated rings. The van der Waals surface area contributed by atoms with Gasteiger partial charge in [-0.15, -0.1) is 11.8 Å². The Morgan fingerprint density at radius 2 is 2.04 bits per heavy atom. The molecule has 0 aliphatic carbocycles. The highest BCUT2D eigenvalue weighted by molar-refractivity contribution is 8.01. The van der Waals surface area contributed by atoms with Crippen LogP contribution in [0.3, 0.4) is 0 Å². The number of carbonyl (C=O) groups is 2. The van der Waals surface area contributed by atoms with E-state index in [-0.39, 0.29) is 28.9 Å². The summed E-state index contributed by atoms with van der Waals surface area (Å²) in [5.41, 5.74) is 0.882. The summed E-state index contributed by atoms with van der Waals surface area (Å²) < 4.78 is 10.8. The molecular formula is C19H29N3O4S. The van der Waals surface area contributed by atoms with Gasteiger partial charge in [-0.2, -0.15) is 0 Å². The molecule has 1 aromatic rings. The van der Waals surface area contributed by atoms with Crippen LogP contribution in [0.4, 0.5) is 0 Å². The zero-order valence-corrected chi connectivity index (χ0v) is 17.5. The molecule has 0 unspecified atom stereocenters. The van der Waals surface area contributed by atoms with Crippen LogP contribution in [0.2, 0.25) is 0 Å². The second kappa shape index (κ2) is 9.85. The van der Waals surface area contributed by atoms with Crippen molar-refractivity contribution in [3.8, 4) is 11.5 Å². The van der Waals surface area contributed by atoms with Gasteiger partial charge in [-0.05, 0) is 39.2 Å². The maximum atomic E-state index is 12.7. The van der Waals surface area contributed by atoms with Gasteiger partial charge in [0.2, 0.25) is 11.8 Å². The Morgan fingerprint density at radius 3 is 2.67 bits per heavy atom. The first-order chi connectivity index (χ1) is 12.9. The molecule has 1 aliphatic heterocycles. The Bertz CT molecular complexity index is 668. The van der Waals surface area contributed by atoms with Crippen LogP contribution in [0.15, 0.2) is 18.2 Å². The molecule has 7 nitrogen and oxygen atoms in total. The maximum Gasteiger partial charge on any atom is 0.236 e. The Balaban J connectivity index is 2.10. The van der Waals surface area contributed by atoms with Crippen molar-refractivity contribution in [2.24, 2.45) is 0 Å². The fourth-order valence-corrected chi connectivity index (χ4v) is 4.23. The van der Waals surface area contributed by atoms with Crippen LogP contribution in [0, 0.1) is 0 Å². The molecule has 0 bridgehead atoms. The lowest BCUT2D eigenvalue weighted by molar-refractivity contribution is -0.130. The molecule has 1 saturated heterocycles. The fourth-order valence-electron chi connectivity index (χ4n) is 2.90. The average molecular weight is 396 g/mol. The van der Waals surface area contributed by atoms with Crippen molar-refractivity contribution in [2.45, 2.75) is 24.0 Å². The standard InChI is InChI=1S/C19H29N3O4S/c1-13-18(24)22(10-8-17(23)20-9-11-21(2)3)19(27-13)15-12-14(25-4)6-7-16(15)26-5/h6-7,12-13,19H,8-11H2,1-5H3,(H,20,23)/t13-,19+/m0/s1. The Morgan fingerprint density at radius 1 is 1.30 bits per heavy atom. The lowest BCUT2D eigenvalue weighted by atomic mass is 10.1. The van der Waals surface area contributed by atoms with Gasteiger partial charge in [-0.1, -0.05) is 0 Å². The number of rotatable bonds is 9. The molecule has 8 heteroatoms. The second-order valence-corrected chi connectivity index (χ2v) is 8.10. The van der Waals surface area contributed by atoms with Crippen molar-refractivity contribution in [2.75, 3.05) is 47.9 Å². The lowest BCUT2D eigenvalue weighted by Crippen LogP contribution is -2.36. The highest BCUT2D eigenvalue weighted by Crippen LogP contribution is 2.46. The van der Waals surface area contributed by atoms with Gasteiger partial charge in [0.1, 0.15) is 16.9 Å². The van der Waals surface area contributed by atoms with E-state index in [0.29, 0.717) is 24.6 Å². The minimum atomic E-state index is -0.202. The van der Waals surface area contributed by atoms with Gasteiger partial charge < -0.3 is 24.6 Å². The first-order valence-electron chi connectivity index (χ1n) is 8.96. The number of benzene rings is 1. The van der Waals surface area contributed by atoms with Gasteiger partial charge in [-0.3, -0.25) is 9.59 Å². The van der Waals surface area contributed by atoms with Crippen LogP contribution in [-0.4, -0.2) is 74.8 Å². The predicted octanol–water partition coefficient (Wildman–Crippen LogP) is 1.73. The largest absolute Gasteiger partial charge is 0.497 e. The lowest BCUT2D eigenvalue weighted by Gasteiger charge is -2.25. The number of nitrogens with zero attached hydrogens (tertiary/aromatic N) is 2. The fraction of sp³-hybridized carbons (Fsp3) is 0.579. The quantitative estimate of drug-likeness (QED) is 0.687. The third-order valence-corrected chi connectivity index (χ3v) is 5.79. The summed E-state index contributed by atoms with van der Waals surface area (Å²) in [4.78, 5) is 28.5. The molecule has 0 saturated carbocycles. The first-order valence-corrected chi connectivity index (χ1v) is 9.91. The summed E-state index contributed by atoms with van der Waals surface area (Å²) in [6, 6.07) is 5.57. The molecule has 2 rings (SSSR count). The molecule has 0 radical (unpaired) electrons. The summed E-state index contributed by atoms with van der Waals surface area (Å²) in [5.74, 6) is 1.40. The third-order valence-electron chi connectivity index (χ3n) is 4.41. The van der Waals surface area contributed by atoms with Crippen molar-refractivity contribution in [3.63, 3.8) is 0 Å². The van der Waals surface area contributed by atoms with Crippen LogP contribution < -0.4 is 14.8 Å². The van der Waals surface area contributed by atoms with Crippen LogP contribution in [0.25, 0.3) is 0 Å². The summed E-state index contributed by atoms with van der Waals surface area (Å²) in [6.45, 7) is 3.64. The summed E-state index contributed by atoms with van der Waals surface area (Å²) in [7, 11) is 7.13. The van der Waals surface area contributed by atoms with Crippen LogP contribution in [0.5, 0.6) is 11.5 Å². The SMILES string of the molecule is COc1ccc(OC)c([C@H]2S[C@@H](C)C(=O)N2CCC(=O)NCCN(C)C)c1. The molecule has 150 valence electrons. The zero-order chi connectivity index (χ0) is 20.0. The molecular weight excluding hydrogens is 366 g/mol. The molecule has 1 N–H and O–H groups in total. The number of thioether (sulfide) groups is 1. The van der Waals surface area contributed by atoms with E-state index in [1.165, 1.54) is 0 Å². The highest BCUT2D eigenvalue weighted by atomic mass is 32.2. The highest BCUT2D eigenvalue weighted by Gasteiger charge is 2.39. The van der Waals surface area contributed by atoms with Gasteiger partial charge in [-0.25, -0.2) is 0 Å². The monoisotopic (exact) mass is 395 g/mol. The Hall–Kier alpha value is -1.93. The molecule has 0 aromatic heterocycles. The predicted molar refractivity (Wildman–Crippen MR) is 107 cm³/mol. The second-order valence-electron chi connectivity index (χ2n) is 6.67. The molecule has 1 heterocycles. The topological polar surface area (TPSA) is 71.1 Å². The van der Waals surface area contributed by atoms with E-state index in [2.05, 4.69) is 5.32 Å². The minimum Gasteiger partial charge on any atom is -0.497 e. The number of ether oxygens (including phenoxy) is 2. The van der Waals surface area contributed by atoms with E-state index in [0.717, 1.165) is 12.1 Å². The van der Waals surface area contributed by atoms with E-state index in [4.69, 9.17) is 9.47 Å². The molecule has 27 heavy (non-hydrogen) atoms. The summed E-state index contributed by atoms with van der Waals surface area (Å²) in [6.07, 6.45) is 0.273. The van der Waals surface area contributed by atoms with Crippen LogP contribution >= 0.6 is 11.8 Å². The molecule has 1 aromatic carbocycles. The Labute approximate surface area is 165 Å². The van der Waals surface area contributed by atoms with E-state index in [1.54, 1.807) is 30.9 Å². The van der Waals surface area contributed by atoms with Crippen LogP contribution in [-0.2, 0) is 9.59 Å². The van der Waals surface area contributed by atoms with Crippen molar-refractivity contribution in [3.05, 3.63) is 23.8 Å². The van der Waals surface area contributed by atoms with Gasteiger partial charge in [0.05, 0.1) is 19.5 Å². The van der Waals surface area contributed by atoms with Gasteiger partial charge >= 0.3 is 0 Å².